The number of carbonyl (C=O) groups is 1. The van der Waals surface area contributed by atoms with Gasteiger partial charge in [-0.2, -0.15) is 0 Å². The number of amides is 1. The van der Waals surface area contributed by atoms with Crippen molar-refractivity contribution >= 4 is 17.5 Å². The van der Waals surface area contributed by atoms with Gasteiger partial charge in [0, 0.05) is 24.5 Å². The van der Waals surface area contributed by atoms with E-state index in [-0.39, 0.29) is 5.91 Å². The molecule has 0 atom stereocenters. The molecule has 0 unspecified atom stereocenters. The molecule has 0 aliphatic carbocycles. The molecule has 26 heavy (non-hydrogen) atoms. The maximum atomic E-state index is 12.6. The zero-order valence-electron chi connectivity index (χ0n) is 16.1. The number of benzene rings is 1. The highest BCUT2D eigenvalue weighted by Crippen LogP contribution is 2.17. The van der Waals surface area contributed by atoms with Gasteiger partial charge in [-0.05, 0) is 57.0 Å². The molecule has 1 aromatic carbocycles. The fourth-order valence-corrected chi connectivity index (χ4v) is 2.66. The first kappa shape index (κ1) is 19.7. The number of ether oxygens (including phenoxy) is 1. The number of anilines is 2. The van der Waals surface area contributed by atoms with Gasteiger partial charge in [0.05, 0.1) is 6.61 Å². The molecule has 0 aliphatic heterocycles. The number of hydrogen-bond donors (Lipinski definition) is 1. The number of aromatic nitrogens is 2. The van der Waals surface area contributed by atoms with Crippen LogP contribution >= 0.6 is 0 Å². The zero-order chi connectivity index (χ0) is 18.9. The molecule has 0 bridgehead atoms. The van der Waals surface area contributed by atoms with Crippen LogP contribution < -0.4 is 15.0 Å². The summed E-state index contributed by atoms with van der Waals surface area (Å²) < 4.78 is 5.42. The summed E-state index contributed by atoms with van der Waals surface area (Å²) in [7, 11) is 0. The first-order valence-corrected chi connectivity index (χ1v) is 9.22. The van der Waals surface area contributed by atoms with E-state index in [1.807, 2.05) is 38.1 Å². The second kappa shape index (κ2) is 9.75. The highest BCUT2D eigenvalue weighted by Gasteiger charge is 2.14. The zero-order valence-corrected chi connectivity index (χ0v) is 16.1. The average Bonchev–Trinajstić information content (AvgIpc) is 2.63. The van der Waals surface area contributed by atoms with Crippen molar-refractivity contribution in [1.82, 2.24) is 9.97 Å². The minimum Gasteiger partial charge on any atom is -0.494 e. The van der Waals surface area contributed by atoms with Crippen molar-refractivity contribution in [1.29, 1.82) is 0 Å². The quantitative estimate of drug-likeness (QED) is 0.734. The van der Waals surface area contributed by atoms with Crippen molar-refractivity contribution in [3.05, 3.63) is 41.7 Å². The van der Waals surface area contributed by atoms with E-state index in [0.717, 1.165) is 37.4 Å². The summed E-state index contributed by atoms with van der Waals surface area (Å²) in [4.78, 5) is 23.7. The van der Waals surface area contributed by atoms with Gasteiger partial charge in [-0.1, -0.05) is 13.8 Å². The number of rotatable bonds is 9. The second-order valence-corrected chi connectivity index (χ2v) is 6.09. The van der Waals surface area contributed by atoms with Crippen LogP contribution in [0.1, 0.15) is 49.8 Å². The first-order valence-electron chi connectivity index (χ1n) is 9.22. The third kappa shape index (κ3) is 5.44. The van der Waals surface area contributed by atoms with Crippen LogP contribution in [-0.2, 0) is 0 Å². The van der Waals surface area contributed by atoms with Gasteiger partial charge in [-0.25, -0.2) is 9.97 Å². The van der Waals surface area contributed by atoms with E-state index in [1.54, 1.807) is 6.07 Å². The summed E-state index contributed by atoms with van der Waals surface area (Å²) in [5.41, 5.74) is 1.86. The van der Waals surface area contributed by atoms with Crippen LogP contribution in [0.25, 0.3) is 0 Å². The van der Waals surface area contributed by atoms with E-state index in [2.05, 4.69) is 34.0 Å². The minimum absolute atomic E-state index is 0.242. The normalized spacial score (nSPS) is 10.5. The van der Waals surface area contributed by atoms with Crippen LogP contribution in [0, 0.1) is 6.92 Å². The van der Waals surface area contributed by atoms with Gasteiger partial charge in [0.2, 0.25) is 5.95 Å². The molecule has 6 nitrogen and oxygen atoms in total. The van der Waals surface area contributed by atoms with E-state index in [4.69, 9.17) is 4.74 Å². The molecule has 0 saturated heterocycles. The Morgan fingerprint density at radius 3 is 2.31 bits per heavy atom. The summed E-state index contributed by atoms with van der Waals surface area (Å²) in [6.07, 6.45) is 2.01. The molecule has 0 fully saturated rings. The standard InChI is InChI=1S/C20H28N4O2/c1-5-12-24(13-6-2)20-21-15(4)14-18(23-20)19(25)22-16-8-10-17(11-9-16)26-7-3/h8-11,14H,5-7,12-13H2,1-4H3,(H,22,25). The summed E-state index contributed by atoms with van der Waals surface area (Å²) in [5, 5.41) is 2.88. The highest BCUT2D eigenvalue weighted by molar-refractivity contribution is 6.03. The Morgan fingerprint density at radius 1 is 1.08 bits per heavy atom. The fourth-order valence-electron chi connectivity index (χ4n) is 2.66. The third-order valence-electron chi connectivity index (χ3n) is 3.77. The Balaban J connectivity index is 2.17. The van der Waals surface area contributed by atoms with Crippen molar-refractivity contribution in [2.45, 2.75) is 40.5 Å². The Kier molecular flexibility index (Phi) is 7.38. The predicted octanol–water partition coefficient (Wildman–Crippen LogP) is 4.06. The summed E-state index contributed by atoms with van der Waals surface area (Å²) in [6.45, 7) is 10.4. The average molecular weight is 356 g/mol. The summed E-state index contributed by atoms with van der Waals surface area (Å²) in [5.74, 6) is 1.15. The molecule has 6 heteroatoms. The molecule has 0 saturated carbocycles. The maximum Gasteiger partial charge on any atom is 0.274 e. The van der Waals surface area contributed by atoms with Crippen LogP contribution in [0.4, 0.5) is 11.6 Å². The molecule has 2 aromatic rings. The van der Waals surface area contributed by atoms with Crippen LogP contribution in [-0.4, -0.2) is 35.6 Å². The largest absolute Gasteiger partial charge is 0.494 e. The number of nitrogens with zero attached hydrogens (tertiary/aromatic N) is 3. The van der Waals surface area contributed by atoms with E-state index < -0.39 is 0 Å². The number of carbonyl (C=O) groups excluding carboxylic acids is 1. The first-order chi connectivity index (χ1) is 12.6. The molecule has 1 aromatic heterocycles. The molecule has 0 aliphatic rings. The van der Waals surface area contributed by atoms with Gasteiger partial charge in [0.15, 0.2) is 0 Å². The Morgan fingerprint density at radius 2 is 1.73 bits per heavy atom. The monoisotopic (exact) mass is 356 g/mol. The van der Waals surface area contributed by atoms with Crippen molar-refractivity contribution in [2.75, 3.05) is 29.9 Å². The van der Waals surface area contributed by atoms with Crippen LogP contribution in [0.3, 0.4) is 0 Å². The fraction of sp³-hybridized carbons (Fsp3) is 0.450. The lowest BCUT2D eigenvalue weighted by atomic mass is 10.2. The maximum absolute atomic E-state index is 12.6. The Hall–Kier alpha value is -2.63. The SMILES string of the molecule is CCCN(CCC)c1nc(C)cc(C(=O)Nc2ccc(OCC)cc2)n1. The molecule has 0 radical (unpaired) electrons. The van der Waals surface area contributed by atoms with Gasteiger partial charge in [-0.15, -0.1) is 0 Å². The molecule has 1 N–H and O–H groups in total. The van der Waals surface area contributed by atoms with E-state index in [1.165, 1.54) is 0 Å². The van der Waals surface area contributed by atoms with Gasteiger partial charge in [0.25, 0.3) is 5.91 Å². The van der Waals surface area contributed by atoms with Crippen molar-refractivity contribution < 1.29 is 9.53 Å². The minimum atomic E-state index is -0.242. The van der Waals surface area contributed by atoms with Crippen molar-refractivity contribution in [3.63, 3.8) is 0 Å². The molecule has 140 valence electrons. The van der Waals surface area contributed by atoms with E-state index >= 15 is 0 Å². The topological polar surface area (TPSA) is 67.4 Å². The molecule has 0 spiro atoms. The van der Waals surface area contributed by atoms with Crippen molar-refractivity contribution in [2.24, 2.45) is 0 Å². The molecular formula is C20H28N4O2. The smallest absolute Gasteiger partial charge is 0.274 e. The second-order valence-electron chi connectivity index (χ2n) is 6.09. The van der Waals surface area contributed by atoms with Gasteiger partial charge < -0.3 is 15.0 Å². The Labute approximate surface area is 155 Å². The van der Waals surface area contributed by atoms with Crippen LogP contribution in [0.5, 0.6) is 5.75 Å². The van der Waals surface area contributed by atoms with Gasteiger partial charge in [0.1, 0.15) is 11.4 Å². The van der Waals surface area contributed by atoms with Gasteiger partial charge >= 0.3 is 0 Å². The van der Waals surface area contributed by atoms with Crippen LogP contribution in [0.2, 0.25) is 0 Å². The van der Waals surface area contributed by atoms with E-state index in [9.17, 15) is 4.79 Å². The van der Waals surface area contributed by atoms with Gasteiger partial charge in [-0.3, -0.25) is 4.79 Å². The predicted molar refractivity (Wildman–Crippen MR) is 105 cm³/mol. The van der Waals surface area contributed by atoms with Crippen molar-refractivity contribution in [3.8, 4) is 5.75 Å². The molecule has 1 amide bonds. The summed E-state index contributed by atoms with van der Waals surface area (Å²) in [6, 6.07) is 9.01. The number of aryl methyl sites for hydroxylation is 1. The molecule has 2 rings (SSSR count). The summed E-state index contributed by atoms with van der Waals surface area (Å²) >= 11 is 0. The lowest BCUT2D eigenvalue weighted by molar-refractivity contribution is 0.102. The highest BCUT2D eigenvalue weighted by atomic mass is 16.5. The molecule has 1 heterocycles. The van der Waals surface area contributed by atoms with E-state index in [0.29, 0.717) is 23.9 Å². The third-order valence-corrected chi connectivity index (χ3v) is 3.77. The van der Waals surface area contributed by atoms with Crippen LogP contribution in [0.15, 0.2) is 30.3 Å². The lowest BCUT2D eigenvalue weighted by Gasteiger charge is -2.22. The number of hydrogen-bond acceptors (Lipinski definition) is 5. The Bertz CT molecular complexity index is 710. The lowest BCUT2D eigenvalue weighted by Crippen LogP contribution is -2.28. The molecular weight excluding hydrogens is 328 g/mol. The number of nitrogens with one attached hydrogen (secondary N) is 1.